The second-order valence-corrected chi connectivity index (χ2v) is 5.35. The molecule has 2 aromatic rings. The van der Waals surface area contributed by atoms with Crippen molar-refractivity contribution in [2.75, 3.05) is 18.6 Å². The van der Waals surface area contributed by atoms with Crippen LogP contribution in [0.4, 0.5) is 5.69 Å². The molecule has 1 aliphatic heterocycles. The summed E-state index contributed by atoms with van der Waals surface area (Å²) in [7, 11) is 1.64. The summed E-state index contributed by atoms with van der Waals surface area (Å²) in [6, 6.07) is 13.6. The van der Waals surface area contributed by atoms with E-state index in [9.17, 15) is 5.11 Å². The van der Waals surface area contributed by atoms with Crippen molar-refractivity contribution in [2.45, 2.75) is 18.6 Å². The molecule has 0 saturated carbocycles. The molecule has 1 saturated heterocycles. The van der Waals surface area contributed by atoms with Crippen LogP contribution in [0, 0.1) is 11.3 Å². The Labute approximate surface area is 129 Å². The third kappa shape index (κ3) is 2.74. The van der Waals surface area contributed by atoms with Gasteiger partial charge in [-0.2, -0.15) is 5.26 Å². The Morgan fingerprint density at radius 3 is 3.00 bits per heavy atom. The summed E-state index contributed by atoms with van der Waals surface area (Å²) in [6.07, 6.45) is 1.88. The van der Waals surface area contributed by atoms with Crippen LogP contribution in [0.25, 0.3) is 0 Å². The largest absolute Gasteiger partial charge is 0.497 e. The SMILES string of the molecule is COc1cccc([C@@H]2C[C@H](O)CN2c2ccnc(C#N)c2)c1. The Morgan fingerprint density at radius 1 is 1.36 bits per heavy atom. The van der Waals surface area contributed by atoms with Crippen molar-refractivity contribution in [2.24, 2.45) is 0 Å². The zero-order valence-electron chi connectivity index (χ0n) is 12.3. The normalized spacial score (nSPS) is 20.7. The first-order valence-corrected chi connectivity index (χ1v) is 7.16. The van der Waals surface area contributed by atoms with Gasteiger partial charge in [0.2, 0.25) is 0 Å². The van der Waals surface area contributed by atoms with Crippen molar-refractivity contribution in [1.82, 2.24) is 4.98 Å². The first kappa shape index (κ1) is 14.4. The van der Waals surface area contributed by atoms with E-state index in [1.807, 2.05) is 30.3 Å². The molecule has 0 spiro atoms. The molecule has 3 rings (SSSR count). The highest BCUT2D eigenvalue weighted by Gasteiger charge is 2.32. The minimum Gasteiger partial charge on any atom is -0.497 e. The van der Waals surface area contributed by atoms with Gasteiger partial charge in [-0.1, -0.05) is 12.1 Å². The molecule has 1 aromatic carbocycles. The fourth-order valence-corrected chi connectivity index (χ4v) is 2.92. The summed E-state index contributed by atoms with van der Waals surface area (Å²) < 4.78 is 5.28. The number of ether oxygens (including phenoxy) is 1. The fourth-order valence-electron chi connectivity index (χ4n) is 2.92. The molecule has 0 bridgehead atoms. The van der Waals surface area contributed by atoms with Crippen LogP contribution in [-0.4, -0.2) is 29.8 Å². The van der Waals surface area contributed by atoms with E-state index in [0.29, 0.717) is 18.7 Å². The van der Waals surface area contributed by atoms with E-state index in [2.05, 4.69) is 16.0 Å². The molecule has 112 valence electrons. The van der Waals surface area contributed by atoms with Gasteiger partial charge in [0, 0.05) is 18.4 Å². The van der Waals surface area contributed by atoms with Crippen LogP contribution in [0.5, 0.6) is 5.75 Å². The van der Waals surface area contributed by atoms with E-state index < -0.39 is 6.10 Å². The molecular weight excluding hydrogens is 278 g/mol. The van der Waals surface area contributed by atoms with Gasteiger partial charge in [-0.3, -0.25) is 0 Å². The minimum atomic E-state index is -0.394. The van der Waals surface area contributed by atoms with Gasteiger partial charge < -0.3 is 14.7 Å². The van der Waals surface area contributed by atoms with Crippen LogP contribution in [0.1, 0.15) is 23.7 Å². The van der Waals surface area contributed by atoms with Gasteiger partial charge in [-0.25, -0.2) is 4.98 Å². The van der Waals surface area contributed by atoms with E-state index in [1.165, 1.54) is 0 Å². The van der Waals surface area contributed by atoms with E-state index in [1.54, 1.807) is 19.4 Å². The summed E-state index contributed by atoms with van der Waals surface area (Å²) in [4.78, 5) is 6.12. The lowest BCUT2D eigenvalue weighted by Gasteiger charge is -2.27. The molecule has 1 fully saturated rings. The molecule has 0 aliphatic carbocycles. The zero-order valence-corrected chi connectivity index (χ0v) is 12.3. The molecular formula is C17H17N3O2. The number of anilines is 1. The number of hydrogen-bond acceptors (Lipinski definition) is 5. The van der Waals surface area contributed by atoms with E-state index >= 15 is 0 Å². The van der Waals surface area contributed by atoms with Gasteiger partial charge in [-0.15, -0.1) is 0 Å². The molecule has 1 aliphatic rings. The van der Waals surface area contributed by atoms with Crippen molar-refractivity contribution < 1.29 is 9.84 Å². The van der Waals surface area contributed by atoms with Gasteiger partial charge >= 0.3 is 0 Å². The van der Waals surface area contributed by atoms with Crippen molar-refractivity contribution in [3.8, 4) is 11.8 Å². The molecule has 5 nitrogen and oxygen atoms in total. The number of β-amino-alcohol motifs (C(OH)–C–C–N with tert-alkyl or cyclic N) is 1. The van der Waals surface area contributed by atoms with Crippen molar-refractivity contribution >= 4 is 5.69 Å². The van der Waals surface area contributed by atoms with E-state index in [0.717, 1.165) is 17.0 Å². The fraction of sp³-hybridized carbons (Fsp3) is 0.294. The van der Waals surface area contributed by atoms with Gasteiger partial charge in [0.05, 0.1) is 19.3 Å². The Hall–Kier alpha value is -2.58. The third-order valence-corrected chi connectivity index (χ3v) is 3.95. The van der Waals surface area contributed by atoms with Crippen molar-refractivity contribution in [1.29, 1.82) is 5.26 Å². The van der Waals surface area contributed by atoms with Crippen LogP contribution < -0.4 is 9.64 Å². The third-order valence-electron chi connectivity index (χ3n) is 3.95. The summed E-state index contributed by atoms with van der Waals surface area (Å²) in [5.74, 6) is 0.797. The molecule has 0 amide bonds. The maximum Gasteiger partial charge on any atom is 0.142 e. The van der Waals surface area contributed by atoms with Crippen LogP contribution >= 0.6 is 0 Å². The molecule has 1 aromatic heterocycles. The lowest BCUT2D eigenvalue weighted by molar-refractivity contribution is 0.194. The number of aliphatic hydroxyl groups is 1. The van der Waals surface area contributed by atoms with Crippen molar-refractivity contribution in [3.63, 3.8) is 0 Å². The Balaban J connectivity index is 1.96. The maximum absolute atomic E-state index is 10.1. The van der Waals surface area contributed by atoms with Crippen molar-refractivity contribution in [3.05, 3.63) is 53.9 Å². The van der Waals surface area contributed by atoms with Crippen LogP contribution in [0.15, 0.2) is 42.6 Å². The summed E-state index contributed by atoms with van der Waals surface area (Å²) in [6.45, 7) is 0.538. The average Bonchev–Trinajstić information content (AvgIpc) is 2.97. The molecule has 22 heavy (non-hydrogen) atoms. The maximum atomic E-state index is 10.1. The number of nitriles is 1. The molecule has 2 heterocycles. The summed E-state index contributed by atoms with van der Waals surface area (Å²) >= 11 is 0. The topological polar surface area (TPSA) is 69.4 Å². The lowest BCUT2D eigenvalue weighted by Crippen LogP contribution is -2.24. The van der Waals surface area contributed by atoms with Gasteiger partial charge in [-0.05, 0) is 36.2 Å². The van der Waals surface area contributed by atoms with E-state index in [4.69, 9.17) is 10.00 Å². The second kappa shape index (κ2) is 6.04. The number of hydrogen-bond donors (Lipinski definition) is 1. The zero-order chi connectivity index (χ0) is 15.5. The highest BCUT2D eigenvalue weighted by atomic mass is 16.5. The summed E-state index contributed by atoms with van der Waals surface area (Å²) in [5, 5.41) is 19.1. The first-order chi connectivity index (χ1) is 10.7. The molecule has 0 radical (unpaired) electrons. The predicted molar refractivity (Wildman–Crippen MR) is 82.7 cm³/mol. The minimum absolute atomic E-state index is 0.0547. The van der Waals surface area contributed by atoms with Gasteiger partial charge in [0.15, 0.2) is 0 Å². The Bertz CT molecular complexity index is 711. The number of aromatic nitrogens is 1. The summed E-state index contributed by atoms with van der Waals surface area (Å²) in [5.41, 5.74) is 2.37. The quantitative estimate of drug-likeness (QED) is 0.940. The van der Waals surface area contributed by atoms with E-state index in [-0.39, 0.29) is 6.04 Å². The number of rotatable bonds is 3. The van der Waals surface area contributed by atoms with Crippen LogP contribution in [0.2, 0.25) is 0 Å². The number of methoxy groups -OCH3 is 1. The number of aliphatic hydroxyl groups excluding tert-OH is 1. The highest BCUT2D eigenvalue weighted by molar-refractivity contribution is 5.53. The van der Waals surface area contributed by atoms with Gasteiger partial charge in [0.25, 0.3) is 0 Å². The smallest absolute Gasteiger partial charge is 0.142 e. The van der Waals surface area contributed by atoms with Crippen LogP contribution in [0.3, 0.4) is 0 Å². The van der Waals surface area contributed by atoms with Gasteiger partial charge in [0.1, 0.15) is 17.5 Å². The first-order valence-electron chi connectivity index (χ1n) is 7.16. The standard InChI is InChI=1S/C17H17N3O2/c1-22-16-4-2-3-12(7-16)17-9-15(21)11-20(17)14-5-6-19-13(8-14)10-18/h2-8,15,17,21H,9,11H2,1H3/t15-,17-/m0/s1. The Kier molecular flexibility index (Phi) is 3.94. The molecule has 1 N–H and O–H groups in total. The number of nitrogens with zero attached hydrogens (tertiary/aromatic N) is 3. The Morgan fingerprint density at radius 2 is 2.23 bits per heavy atom. The lowest BCUT2D eigenvalue weighted by atomic mass is 10.0. The predicted octanol–water partition coefficient (Wildman–Crippen LogP) is 2.27. The number of pyridine rings is 1. The monoisotopic (exact) mass is 295 g/mol. The average molecular weight is 295 g/mol. The highest BCUT2D eigenvalue weighted by Crippen LogP contribution is 2.37. The molecule has 2 atom stereocenters. The number of benzene rings is 1. The van der Waals surface area contributed by atoms with Crippen LogP contribution in [-0.2, 0) is 0 Å². The molecule has 5 heteroatoms. The molecule has 0 unspecified atom stereocenters. The second-order valence-electron chi connectivity index (χ2n) is 5.35.